The minimum atomic E-state index is -3.92. The number of sulfonamides is 1. The van der Waals surface area contributed by atoms with Crippen LogP contribution < -0.4 is 14.4 Å². The highest BCUT2D eigenvalue weighted by molar-refractivity contribution is 7.92. The Morgan fingerprint density at radius 1 is 0.969 bits per heavy atom. The van der Waals surface area contributed by atoms with Crippen LogP contribution in [0.25, 0.3) is 0 Å². The van der Waals surface area contributed by atoms with Crippen molar-refractivity contribution in [3.8, 4) is 5.75 Å². The van der Waals surface area contributed by atoms with Gasteiger partial charge in [-0.2, -0.15) is 0 Å². The summed E-state index contributed by atoms with van der Waals surface area (Å²) in [6.07, 6.45) is 4.32. The van der Waals surface area contributed by atoms with Gasteiger partial charge in [0, 0.05) is 37.4 Å². The van der Waals surface area contributed by atoms with Gasteiger partial charge in [-0.05, 0) is 68.1 Å². The largest absolute Gasteiger partial charge is 0.496 e. The summed E-state index contributed by atoms with van der Waals surface area (Å²) in [5, 5.41) is 0. The number of nitrogens with zero attached hydrogens (tertiary/aromatic N) is 2. The topological polar surface area (TPSA) is 96.0 Å². The molecule has 2 aromatic rings. The van der Waals surface area contributed by atoms with Crippen LogP contribution in [-0.2, 0) is 14.8 Å². The molecule has 2 aromatic carbocycles. The SMILES string of the molecule is COc1ccc(S(=O)(=O)Nc2ccc(N3CCCC3=O)cc2)cc1C(=O)N1CCCCC1. The standard InChI is InChI=1S/C23H27N3O5S/c1-31-21-12-11-19(16-20(21)23(28)25-13-3-2-4-14-25)32(29,30)24-17-7-9-18(10-8-17)26-15-5-6-22(26)27/h7-12,16,24H,2-6,13-15H2,1H3. The summed E-state index contributed by atoms with van der Waals surface area (Å²) < 4.78 is 33.9. The van der Waals surface area contributed by atoms with Gasteiger partial charge in [-0.3, -0.25) is 14.3 Å². The predicted molar refractivity (Wildman–Crippen MR) is 122 cm³/mol. The second-order valence-corrected chi connectivity index (χ2v) is 9.70. The van der Waals surface area contributed by atoms with E-state index >= 15 is 0 Å². The number of methoxy groups -OCH3 is 1. The molecule has 9 heteroatoms. The lowest BCUT2D eigenvalue weighted by Crippen LogP contribution is -2.35. The number of rotatable bonds is 6. The third-order valence-electron chi connectivity index (χ3n) is 5.86. The van der Waals surface area contributed by atoms with Crippen molar-refractivity contribution in [2.75, 3.05) is 36.4 Å². The van der Waals surface area contributed by atoms with Crippen molar-refractivity contribution in [2.45, 2.75) is 37.0 Å². The highest BCUT2D eigenvalue weighted by Crippen LogP contribution is 2.28. The Kier molecular flexibility index (Phi) is 6.36. The van der Waals surface area contributed by atoms with Crippen LogP contribution in [0.1, 0.15) is 42.5 Å². The van der Waals surface area contributed by atoms with Crippen LogP contribution in [-0.4, -0.2) is 51.9 Å². The van der Waals surface area contributed by atoms with Crippen molar-refractivity contribution in [1.82, 2.24) is 4.90 Å². The molecule has 170 valence electrons. The first-order valence-corrected chi connectivity index (χ1v) is 12.3. The van der Waals surface area contributed by atoms with Crippen molar-refractivity contribution >= 4 is 33.2 Å². The van der Waals surface area contributed by atoms with Crippen LogP contribution in [0.2, 0.25) is 0 Å². The van der Waals surface area contributed by atoms with Crippen molar-refractivity contribution < 1.29 is 22.7 Å². The molecule has 2 aliphatic rings. The number of carbonyl (C=O) groups is 2. The van der Waals surface area contributed by atoms with E-state index in [2.05, 4.69) is 4.72 Å². The summed E-state index contributed by atoms with van der Waals surface area (Å²) in [5.74, 6) is 0.194. The average molecular weight is 458 g/mol. The fourth-order valence-electron chi connectivity index (χ4n) is 4.13. The van der Waals surface area contributed by atoms with Gasteiger partial charge in [0.15, 0.2) is 0 Å². The van der Waals surface area contributed by atoms with Crippen LogP contribution >= 0.6 is 0 Å². The highest BCUT2D eigenvalue weighted by Gasteiger charge is 2.25. The molecule has 0 spiro atoms. The Hall–Kier alpha value is -3.07. The van der Waals surface area contributed by atoms with Gasteiger partial charge in [-0.1, -0.05) is 0 Å². The van der Waals surface area contributed by atoms with Gasteiger partial charge in [-0.15, -0.1) is 0 Å². The molecule has 8 nitrogen and oxygen atoms in total. The van der Waals surface area contributed by atoms with Gasteiger partial charge in [0.1, 0.15) is 5.75 Å². The molecule has 32 heavy (non-hydrogen) atoms. The molecule has 0 saturated carbocycles. The van der Waals surface area contributed by atoms with Crippen molar-refractivity contribution in [3.63, 3.8) is 0 Å². The summed E-state index contributed by atoms with van der Waals surface area (Å²) >= 11 is 0. The third kappa shape index (κ3) is 4.57. The molecule has 1 N–H and O–H groups in total. The second kappa shape index (κ2) is 9.20. The fourth-order valence-corrected chi connectivity index (χ4v) is 5.22. The first kappa shape index (κ1) is 22.1. The molecule has 0 radical (unpaired) electrons. The molecular formula is C23H27N3O5S. The lowest BCUT2D eigenvalue weighted by molar-refractivity contribution is -0.117. The van der Waals surface area contributed by atoms with E-state index in [4.69, 9.17) is 4.74 Å². The second-order valence-electron chi connectivity index (χ2n) is 8.02. The molecule has 2 heterocycles. The van der Waals surface area contributed by atoms with Crippen LogP contribution in [0.15, 0.2) is 47.4 Å². The molecule has 0 unspecified atom stereocenters. The Morgan fingerprint density at radius 3 is 2.31 bits per heavy atom. The Morgan fingerprint density at radius 2 is 1.69 bits per heavy atom. The number of hydrogen-bond donors (Lipinski definition) is 1. The van der Waals surface area contributed by atoms with E-state index in [9.17, 15) is 18.0 Å². The number of piperidine rings is 1. The Labute approximate surface area is 188 Å². The maximum Gasteiger partial charge on any atom is 0.261 e. The van der Waals surface area contributed by atoms with Gasteiger partial charge >= 0.3 is 0 Å². The van der Waals surface area contributed by atoms with Crippen molar-refractivity contribution in [3.05, 3.63) is 48.0 Å². The van der Waals surface area contributed by atoms with Gasteiger partial charge in [0.2, 0.25) is 5.91 Å². The van der Waals surface area contributed by atoms with E-state index < -0.39 is 10.0 Å². The highest BCUT2D eigenvalue weighted by atomic mass is 32.2. The number of likely N-dealkylation sites (tertiary alicyclic amines) is 1. The monoisotopic (exact) mass is 457 g/mol. The number of carbonyl (C=O) groups excluding carboxylic acids is 2. The molecule has 2 amide bonds. The quantitative estimate of drug-likeness (QED) is 0.718. The Balaban J connectivity index is 1.55. The number of ether oxygens (including phenoxy) is 1. The van der Waals surface area contributed by atoms with Crippen molar-refractivity contribution in [1.29, 1.82) is 0 Å². The number of nitrogens with one attached hydrogen (secondary N) is 1. The first-order chi connectivity index (χ1) is 15.4. The molecule has 2 saturated heterocycles. The number of benzene rings is 2. The van der Waals surface area contributed by atoms with Crippen LogP contribution in [0.4, 0.5) is 11.4 Å². The smallest absolute Gasteiger partial charge is 0.261 e. The normalized spacial score (nSPS) is 16.8. The molecule has 0 aromatic heterocycles. The van der Waals surface area contributed by atoms with Gasteiger partial charge in [0.05, 0.1) is 17.6 Å². The number of anilines is 2. The van der Waals surface area contributed by atoms with E-state index in [1.165, 1.54) is 25.3 Å². The maximum absolute atomic E-state index is 13.0. The maximum atomic E-state index is 13.0. The minimum Gasteiger partial charge on any atom is -0.496 e. The molecule has 4 rings (SSSR count). The summed E-state index contributed by atoms with van der Waals surface area (Å²) in [6, 6.07) is 11.0. The van der Waals surface area contributed by atoms with E-state index in [0.29, 0.717) is 37.5 Å². The lowest BCUT2D eigenvalue weighted by atomic mass is 10.1. The van der Waals surface area contributed by atoms with Crippen LogP contribution in [0, 0.1) is 0 Å². The van der Waals surface area contributed by atoms with Gasteiger partial charge in [0.25, 0.3) is 15.9 Å². The number of hydrogen-bond acceptors (Lipinski definition) is 5. The van der Waals surface area contributed by atoms with Gasteiger partial charge in [-0.25, -0.2) is 8.42 Å². The summed E-state index contributed by atoms with van der Waals surface area (Å²) in [6.45, 7) is 1.98. The van der Waals surface area contributed by atoms with Gasteiger partial charge < -0.3 is 14.5 Å². The van der Waals surface area contributed by atoms with Crippen LogP contribution in [0.5, 0.6) is 5.75 Å². The number of amides is 2. The summed E-state index contributed by atoms with van der Waals surface area (Å²) in [7, 11) is -2.46. The zero-order valence-electron chi connectivity index (χ0n) is 18.0. The minimum absolute atomic E-state index is 0.0162. The predicted octanol–water partition coefficient (Wildman–Crippen LogP) is 3.25. The molecular weight excluding hydrogens is 430 g/mol. The molecule has 0 aliphatic carbocycles. The third-order valence-corrected chi connectivity index (χ3v) is 7.24. The zero-order valence-corrected chi connectivity index (χ0v) is 18.9. The molecule has 0 atom stereocenters. The Bertz CT molecular complexity index is 1110. The summed E-state index contributed by atoms with van der Waals surface area (Å²) in [4.78, 5) is 28.3. The van der Waals surface area contributed by atoms with Crippen molar-refractivity contribution in [2.24, 2.45) is 0 Å². The molecule has 0 bridgehead atoms. The first-order valence-electron chi connectivity index (χ1n) is 10.8. The zero-order chi connectivity index (χ0) is 22.7. The fraction of sp³-hybridized carbons (Fsp3) is 0.391. The average Bonchev–Trinajstić information content (AvgIpc) is 3.24. The van der Waals surface area contributed by atoms with E-state index in [1.54, 1.807) is 34.1 Å². The summed E-state index contributed by atoms with van der Waals surface area (Å²) in [5.41, 5.74) is 1.36. The van der Waals surface area contributed by atoms with E-state index in [-0.39, 0.29) is 22.3 Å². The van der Waals surface area contributed by atoms with E-state index in [1.807, 2.05) is 0 Å². The van der Waals surface area contributed by atoms with Crippen LogP contribution in [0.3, 0.4) is 0 Å². The molecule has 2 aliphatic heterocycles. The molecule has 2 fully saturated rings. The van der Waals surface area contributed by atoms with E-state index in [0.717, 1.165) is 31.4 Å². The lowest BCUT2D eigenvalue weighted by Gasteiger charge is -2.27.